The Balaban J connectivity index is 2.63. The van der Waals surface area contributed by atoms with Crippen molar-refractivity contribution in [2.75, 3.05) is 14.1 Å². The molecule has 56 valence electrons. The summed E-state index contributed by atoms with van der Waals surface area (Å²) < 4.78 is 0. The number of carbonyl (C=O) groups excluding carboxylic acids is 2. The standard InChI is InChI=1S/C5H9N3O2/c1-8(2)3-4(9)7-5(10)6-3/h3H,1-2H3,(H2,6,7,9,10). The van der Waals surface area contributed by atoms with Gasteiger partial charge in [-0.25, -0.2) is 4.79 Å². The van der Waals surface area contributed by atoms with E-state index in [-0.39, 0.29) is 5.91 Å². The number of amides is 3. The quantitative estimate of drug-likeness (QED) is 0.449. The molecule has 5 heteroatoms. The summed E-state index contributed by atoms with van der Waals surface area (Å²) in [4.78, 5) is 22.9. The van der Waals surface area contributed by atoms with E-state index in [0.29, 0.717) is 0 Å². The molecule has 1 heterocycles. The van der Waals surface area contributed by atoms with Gasteiger partial charge in [0.1, 0.15) is 0 Å². The molecule has 0 radical (unpaired) electrons. The lowest BCUT2D eigenvalue weighted by Crippen LogP contribution is -2.42. The first-order valence-electron chi connectivity index (χ1n) is 2.89. The van der Waals surface area contributed by atoms with Crippen LogP contribution in [0.4, 0.5) is 4.79 Å². The summed E-state index contributed by atoms with van der Waals surface area (Å²) in [6.45, 7) is 0. The maximum atomic E-state index is 10.8. The molecule has 1 atom stereocenters. The lowest BCUT2D eigenvalue weighted by molar-refractivity contribution is -0.123. The van der Waals surface area contributed by atoms with Crippen LogP contribution in [-0.2, 0) is 4.79 Å². The number of nitrogens with one attached hydrogen (secondary N) is 2. The molecule has 0 spiro atoms. The average molecular weight is 143 g/mol. The van der Waals surface area contributed by atoms with E-state index in [9.17, 15) is 9.59 Å². The van der Waals surface area contributed by atoms with Gasteiger partial charge < -0.3 is 5.32 Å². The minimum absolute atomic E-state index is 0.296. The molecule has 1 fully saturated rings. The van der Waals surface area contributed by atoms with Gasteiger partial charge in [0.2, 0.25) is 0 Å². The third kappa shape index (κ3) is 1.08. The van der Waals surface area contributed by atoms with Crippen LogP contribution >= 0.6 is 0 Å². The molecular formula is C5H9N3O2. The Morgan fingerprint density at radius 2 is 2.00 bits per heavy atom. The van der Waals surface area contributed by atoms with Gasteiger partial charge in [-0.2, -0.15) is 0 Å². The molecular weight excluding hydrogens is 134 g/mol. The van der Waals surface area contributed by atoms with Crippen molar-refractivity contribution in [2.24, 2.45) is 0 Å². The first kappa shape index (κ1) is 7.01. The highest BCUT2D eigenvalue weighted by Gasteiger charge is 2.30. The molecule has 0 aromatic carbocycles. The molecule has 10 heavy (non-hydrogen) atoms. The summed E-state index contributed by atoms with van der Waals surface area (Å²) in [5.74, 6) is -0.296. The maximum absolute atomic E-state index is 10.8. The van der Waals surface area contributed by atoms with Crippen LogP contribution in [0.5, 0.6) is 0 Å². The topological polar surface area (TPSA) is 61.4 Å². The second-order valence-electron chi connectivity index (χ2n) is 2.33. The van der Waals surface area contributed by atoms with E-state index in [1.165, 1.54) is 0 Å². The van der Waals surface area contributed by atoms with Crippen molar-refractivity contribution >= 4 is 11.9 Å². The smallest absolute Gasteiger partial charge is 0.314 e. The van der Waals surface area contributed by atoms with Gasteiger partial charge in [0.05, 0.1) is 0 Å². The monoisotopic (exact) mass is 143 g/mol. The number of hydrogen-bond donors (Lipinski definition) is 2. The zero-order valence-corrected chi connectivity index (χ0v) is 5.84. The number of imide groups is 1. The predicted octanol–water partition coefficient (Wildman–Crippen LogP) is -1.29. The van der Waals surface area contributed by atoms with E-state index in [1.807, 2.05) is 0 Å². The molecule has 0 aromatic heterocycles. The highest BCUT2D eigenvalue weighted by Crippen LogP contribution is 1.94. The van der Waals surface area contributed by atoms with Crippen molar-refractivity contribution < 1.29 is 9.59 Å². The molecule has 5 nitrogen and oxygen atoms in total. The van der Waals surface area contributed by atoms with Gasteiger partial charge >= 0.3 is 6.03 Å². The van der Waals surface area contributed by atoms with E-state index in [2.05, 4.69) is 10.6 Å². The fourth-order valence-corrected chi connectivity index (χ4v) is 0.770. The fraction of sp³-hybridized carbons (Fsp3) is 0.600. The summed E-state index contributed by atoms with van der Waals surface area (Å²) >= 11 is 0. The Morgan fingerprint density at radius 1 is 1.40 bits per heavy atom. The SMILES string of the molecule is CN(C)C1NC(=O)NC1=O. The van der Waals surface area contributed by atoms with Crippen LogP contribution in [0.3, 0.4) is 0 Å². The second-order valence-corrected chi connectivity index (χ2v) is 2.33. The molecule has 0 aliphatic carbocycles. The van der Waals surface area contributed by atoms with Gasteiger partial charge in [-0.05, 0) is 14.1 Å². The Hall–Kier alpha value is -1.10. The van der Waals surface area contributed by atoms with Gasteiger partial charge in [0.15, 0.2) is 6.17 Å². The van der Waals surface area contributed by atoms with Crippen molar-refractivity contribution in [3.8, 4) is 0 Å². The van der Waals surface area contributed by atoms with Gasteiger partial charge in [-0.15, -0.1) is 0 Å². The number of urea groups is 1. The van der Waals surface area contributed by atoms with Crippen molar-refractivity contribution in [3.63, 3.8) is 0 Å². The zero-order valence-electron chi connectivity index (χ0n) is 5.84. The lowest BCUT2D eigenvalue weighted by atomic mass is 10.4. The van der Waals surface area contributed by atoms with E-state index < -0.39 is 12.2 Å². The number of nitrogens with zero attached hydrogens (tertiary/aromatic N) is 1. The zero-order chi connectivity index (χ0) is 7.72. The number of carbonyl (C=O) groups is 2. The summed E-state index contributed by atoms with van der Waals surface area (Å²) in [5, 5.41) is 4.55. The Morgan fingerprint density at radius 3 is 2.20 bits per heavy atom. The third-order valence-electron chi connectivity index (χ3n) is 1.27. The fourth-order valence-electron chi connectivity index (χ4n) is 0.770. The molecule has 1 aliphatic rings. The van der Waals surface area contributed by atoms with Crippen LogP contribution in [0.15, 0.2) is 0 Å². The minimum Gasteiger partial charge on any atom is -0.314 e. The van der Waals surface area contributed by atoms with E-state index in [4.69, 9.17) is 0 Å². The molecule has 0 aromatic rings. The van der Waals surface area contributed by atoms with Crippen LogP contribution in [0.1, 0.15) is 0 Å². The summed E-state index contributed by atoms with van der Waals surface area (Å²) in [7, 11) is 3.44. The Bertz CT molecular complexity index is 178. The van der Waals surface area contributed by atoms with Crippen LogP contribution in [0.25, 0.3) is 0 Å². The maximum Gasteiger partial charge on any atom is 0.323 e. The first-order chi connectivity index (χ1) is 4.61. The van der Waals surface area contributed by atoms with Gasteiger partial charge in [-0.3, -0.25) is 15.0 Å². The van der Waals surface area contributed by atoms with Crippen LogP contribution in [0.2, 0.25) is 0 Å². The average Bonchev–Trinajstić information content (AvgIpc) is 2.10. The number of rotatable bonds is 1. The summed E-state index contributed by atoms with van der Waals surface area (Å²) in [5.41, 5.74) is 0. The van der Waals surface area contributed by atoms with E-state index in [1.54, 1.807) is 19.0 Å². The highest BCUT2D eigenvalue weighted by atomic mass is 16.2. The highest BCUT2D eigenvalue weighted by molar-refractivity contribution is 6.03. The minimum atomic E-state index is -0.507. The van der Waals surface area contributed by atoms with E-state index in [0.717, 1.165) is 0 Å². The van der Waals surface area contributed by atoms with Crippen molar-refractivity contribution in [2.45, 2.75) is 6.17 Å². The first-order valence-corrected chi connectivity index (χ1v) is 2.89. The third-order valence-corrected chi connectivity index (χ3v) is 1.27. The second kappa shape index (κ2) is 2.26. The van der Waals surface area contributed by atoms with Gasteiger partial charge in [0, 0.05) is 0 Å². The van der Waals surface area contributed by atoms with E-state index >= 15 is 0 Å². The summed E-state index contributed by atoms with van der Waals surface area (Å²) in [6, 6.07) is -0.427. The molecule has 2 N–H and O–H groups in total. The molecule has 0 bridgehead atoms. The number of likely N-dealkylation sites (N-methyl/N-ethyl adjacent to an activating group) is 1. The molecule has 0 saturated carbocycles. The van der Waals surface area contributed by atoms with Crippen molar-refractivity contribution in [1.29, 1.82) is 0 Å². The predicted molar refractivity (Wildman–Crippen MR) is 34.1 cm³/mol. The van der Waals surface area contributed by atoms with Crippen molar-refractivity contribution in [3.05, 3.63) is 0 Å². The Kier molecular flexibility index (Phi) is 1.58. The summed E-state index contributed by atoms with van der Waals surface area (Å²) in [6.07, 6.45) is -0.507. The number of hydrogen-bond acceptors (Lipinski definition) is 3. The molecule has 1 aliphatic heterocycles. The molecule has 1 saturated heterocycles. The lowest BCUT2D eigenvalue weighted by Gasteiger charge is -2.14. The normalized spacial score (nSPS) is 24.9. The molecule has 1 rings (SSSR count). The molecule has 3 amide bonds. The van der Waals surface area contributed by atoms with Crippen LogP contribution in [0, 0.1) is 0 Å². The van der Waals surface area contributed by atoms with Crippen LogP contribution < -0.4 is 10.6 Å². The molecule has 1 unspecified atom stereocenters. The van der Waals surface area contributed by atoms with Crippen molar-refractivity contribution in [1.82, 2.24) is 15.5 Å². The largest absolute Gasteiger partial charge is 0.323 e. The Labute approximate surface area is 58.4 Å². The van der Waals surface area contributed by atoms with Crippen LogP contribution in [-0.4, -0.2) is 37.1 Å². The van der Waals surface area contributed by atoms with Gasteiger partial charge in [-0.1, -0.05) is 0 Å². The van der Waals surface area contributed by atoms with Gasteiger partial charge in [0.25, 0.3) is 5.91 Å².